The topological polar surface area (TPSA) is 119 Å². The van der Waals surface area contributed by atoms with E-state index >= 15 is 0 Å². The Labute approximate surface area is 111 Å². The van der Waals surface area contributed by atoms with Crippen molar-refractivity contribution >= 4 is 23.3 Å². The number of ether oxygens (including phenoxy) is 1. The van der Waals surface area contributed by atoms with Gasteiger partial charge >= 0.3 is 6.03 Å². The molecular weight excluding hydrogens is 248 g/mol. The van der Waals surface area contributed by atoms with E-state index in [1.54, 1.807) is 18.2 Å². The molecule has 0 aliphatic carbocycles. The fraction of sp³-hybridized carbons (Fsp3) is 0.333. The van der Waals surface area contributed by atoms with Crippen LogP contribution in [0.15, 0.2) is 18.2 Å². The Morgan fingerprint density at radius 3 is 2.58 bits per heavy atom. The van der Waals surface area contributed by atoms with E-state index in [0.29, 0.717) is 23.5 Å². The lowest BCUT2D eigenvalue weighted by atomic mass is 10.2. The highest BCUT2D eigenvalue weighted by molar-refractivity contribution is 5.96. The largest absolute Gasteiger partial charge is 0.494 e. The van der Waals surface area contributed by atoms with Gasteiger partial charge in [-0.3, -0.25) is 4.79 Å². The second-order valence-electron chi connectivity index (χ2n) is 3.91. The van der Waals surface area contributed by atoms with E-state index in [4.69, 9.17) is 16.2 Å². The summed E-state index contributed by atoms with van der Waals surface area (Å²) < 4.78 is 5.10. The minimum Gasteiger partial charge on any atom is -0.494 e. The van der Waals surface area contributed by atoms with Crippen LogP contribution in [0, 0.1) is 0 Å². The average molecular weight is 266 g/mol. The van der Waals surface area contributed by atoms with Crippen LogP contribution in [0.3, 0.4) is 0 Å². The summed E-state index contributed by atoms with van der Waals surface area (Å²) in [6.07, 6.45) is 0.546. The summed E-state index contributed by atoms with van der Waals surface area (Å²) in [5, 5.41) is 5.08. The Morgan fingerprint density at radius 2 is 2.05 bits per heavy atom. The Kier molecular flexibility index (Phi) is 5.13. The molecular formula is C12H18N4O3. The van der Waals surface area contributed by atoms with Gasteiger partial charge in [0.25, 0.3) is 0 Å². The van der Waals surface area contributed by atoms with Gasteiger partial charge in [-0.25, -0.2) is 4.79 Å². The van der Waals surface area contributed by atoms with Crippen molar-refractivity contribution in [1.82, 2.24) is 0 Å². The lowest BCUT2D eigenvalue weighted by molar-refractivity contribution is -0.117. The van der Waals surface area contributed by atoms with Crippen LogP contribution in [0.2, 0.25) is 0 Å². The smallest absolute Gasteiger partial charge is 0.316 e. The molecule has 0 saturated carbocycles. The van der Waals surface area contributed by atoms with Crippen molar-refractivity contribution in [3.63, 3.8) is 0 Å². The van der Waals surface area contributed by atoms with Crippen LogP contribution < -0.4 is 26.8 Å². The molecule has 0 aliphatic rings. The fourth-order valence-electron chi connectivity index (χ4n) is 1.43. The molecule has 1 aromatic carbocycles. The SMILES string of the molecule is CC[C@H](N)C(=O)Nc1ccc(NC(N)=O)c(OC)c1. The molecule has 0 fully saturated rings. The van der Waals surface area contributed by atoms with Gasteiger partial charge in [-0.1, -0.05) is 6.92 Å². The molecule has 3 amide bonds. The van der Waals surface area contributed by atoms with Gasteiger partial charge in [0.05, 0.1) is 18.8 Å². The Morgan fingerprint density at radius 1 is 1.37 bits per heavy atom. The molecule has 0 aliphatic heterocycles. The number of hydrogen-bond acceptors (Lipinski definition) is 4. The third-order valence-electron chi connectivity index (χ3n) is 2.50. The number of amides is 3. The summed E-state index contributed by atoms with van der Waals surface area (Å²) in [5.74, 6) is 0.113. The zero-order valence-corrected chi connectivity index (χ0v) is 10.9. The third-order valence-corrected chi connectivity index (χ3v) is 2.50. The Hall–Kier alpha value is -2.28. The van der Waals surface area contributed by atoms with Gasteiger partial charge in [0, 0.05) is 11.8 Å². The first-order valence-corrected chi connectivity index (χ1v) is 5.78. The Bertz CT molecular complexity index is 476. The molecule has 6 N–H and O–H groups in total. The van der Waals surface area contributed by atoms with Crippen molar-refractivity contribution in [1.29, 1.82) is 0 Å². The highest BCUT2D eigenvalue weighted by atomic mass is 16.5. The number of primary amides is 1. The first-order valence-electron chi connectivity index (χ1n) is 5.78. The maximum absolute atomic E-state index is 11.6. The fourth-order valence-corrected chi connectivity index (χ4v) is 1.43. The van der Waals surface area contributed by atoms with Crippen molar-refractivity contribution in [2.24, 2.45) is 11.5 Å². The number of benzene rings is 1. The number of methoxy groups -OCH3 is 1. The van der Waals surface area contributed by atoms with E-state index in [1.165, 1.54) is 7.11 Å². The molecule has 0 heterocycles. The lowest BCUT2D eigenvalue weighted by Gasteiger charge is -2.13. The molecule has 0 unspecified atom stereocenters. The summed E-state index contributed by atoms with van der Waals surface area (Å²) in [7, 11) is 1.45. The number of nitrogens with one attached hydrogen (secondary N) is 2. The normalized spacial score (nSPS) is 11.5. The predicted molar refractivity (Wildman–Crippen MR) is 73.1 cm³/mol. The van der Waals surface area contributed by atoms with E-state index < -0.39 is 12.1 Å². The summed E-state index contributed by atoms with van der Waals surface area (Å²) in [6.45, 7) is 1.82. The van der Waals surface area contributed by atoms with Crippen LogP contribution in [-0.4, -0.2) is 25.1 Å². The quantitative estimate of drug-likeness (QED) is 0.631. The first-order chi connectivity index (χ1) is 8.97. The molecule has 1 rings (SSSR count). The Balaban J connectivity index is 2.87. The number of urea groups is 1. The number of anilines is 2. The van der Waals surface area contributed by atoms with Crippen LogP contribution in [0.1, 0.15) is 13.3 Å². The number of carbonyl (C=O) groups is 2. The van der Waals surface area contributed by atoms with Gasteiger partial charge in [0.2, 0.25) is 5.91 Å². The molecule has 7 heteroatoms. The number of nitrogens with two attached hydrogens (primary N) is 2. The van der Waals surface area contributed by atoms with Crippen LogP contribution in [0.25, 0.3) is 0 Å². The van der Waals surface area contributed by atoms with E-state index in [0.717, 1.165) is 0 Å². The van der Waals surface area contributed by atoms with Crippen molar-refractivity contribution in [3.8, 4) is 5.75 Å². The van der Waals surface area contributed by atoms with Crippen LogP contribution >= 0.6 is 0 Å². The molecule has 0 spiro atoms. The van der Waals surface area contributed by atoms with E-state index in [2.05, 4.69) is 10.6 Å². The summed E-state index contributed by atoms with van der Waals surface area (Å²) in [5.41, 5.74) is 11.6. The van der Waals surface area contributed by atoms with Gasteiger partial charge in [-0.15, -0.1) is 0 Å². The van der Waals surface area contributed by atoms with E-state index in [9.17, 15) is 9.59 Å². The summed E-state index contributed by atoms with van der Waals surface area (Å²) >= 11 is 0. The molecule has 19 heavy (non-hydrogen) atoms. The van der Waals surface area contributed by atoms with E-state index in [-0.39, 0.29) is 5.91 Å². The molecule has 0 bridgehead atoms. The first kappa shape index (κ1) is 14.8. The lowest BCUT2D eigenvalue weighted by Crippen LogP contribution is -2.34. The summed E-state index contributed by atoms with van der Waals surface area (Å²) in [6, 6.07) is 3.52. The zero-order chi connectivity index (χ0) is 14.4. The molecule has 0 radical (unpaired) electrons. The third kappa shape index (κ3) is 4.14. The molecule has 104 valence electrons. The minimum atomic E-state index is -0.692. The monoisotopic (exact) mass is 266 g/mol. The number of rotatable bonds is 5. The standard InChI is InChI=1S/C12H18N4O3/c1-3-8(13)11(17)15-7-4-5-9(16-12(14)18)10(6-7)19-2/h4-6,8H,3,13H2,1-2H3,(H,15,17)(H3,14,16,18)/t8-/m0/s1. The second-order valence-corrected chi connectivity index (χ2v) is 3.91. The molecule has 7 nitrogen and oxygen atoms in total. The van der Waals surface area contributed by atoms with Gasteiger partial charge in [0.15, 0.2) is 0 Å². The molecule has 1 aromatic rings. The van der Waals surface area contributed by atoms with Crippen LogP contribution in [0.5, 0.6) is 5.75 Å². The van der Waals surface area contributed by atoms with Crippen LogP contribution in [0.4, 0.5) is 16.2 Å². The van der Waals surface area contributed by atoms with Crippen molar-refractivity contribution in [2.45, 2.75) is 19.4 Å². The highest BCUT2D eigenvalue weighted by Gasteiger charge is 2.12. The molecule has 0 saturated heterocycles. The van der Waals surface area contributed by atoms with Crippen LogP contribution in [-0.2, 0) is 4.79 Å². The average Bonchev–Trinajstić information content (AvgIpc) is 2.38. The predicted octanol–water partition coefficient (Wildman–Crippen LogP) is 0.862. The second kappa shape index (κ2) is 6.60. The highest BCUT2D eigenvalue weighted by Crippen LogP contribution is 2.27. The van der Waals surface area contributed by atoms with E-state index in [1.807, 2.05) is 6.92 Å². The number of hydrogen-bond donors (Lipinski definition) is 4. The maximum atomic E-state index is 11.6. The van der Waals surface area contributed by atoms with Gasteiger partial charge in [-0.2, -0.15) is 0 Å². The van der Waals surface area contributed by atoms with Crippen molar-refractivity contribution in [2.75, 3.05) is 17.7 Å². The number of carbonyl (C=O) groups excluding carboxylic acids is 2. The zero-order valence-electron chi connectivity index (χ0n) is 10.9. The van der Waals surface area contributed by atoms with Crippen molar-refractivity contribution < 1.29 is 14.3 Å². The summed E-state index contributed by atoms with van der Waals surface area (Å²) in [4.78, 5) is 22.4. The van der Waals surface area contributed by atoms with Gasteiger partial charge in [0.1, 0.15) is 5.75 Å². The molecule has 0 aromatic heterocycles. The maximum Gasteiger partial charge on any atom is 0.316 e. The minimum absolute atomic E-state index is 0.278. The van der Waals surface area contributed by atoms with Gasteiger partial charge < -0.3 is 26.8 Å². The van der Waals surface area contributed by atoms with Gasteiger partial charge in [-0.05, 0) is 18.6 Å². The van der Waals surface area contributed by atoms with Crippen molar-refractivity contribution in [3.05, 3.63) is 18.2 Å². The molecule has 1 atom stereocenters.